The van der Waals surface area contributed by atoms with Crippen LogP contribution in [0.15, 0.2) is 0 Å². The number of rotatable bonds is 4. The van der Waals surface area contributed by atoms with Gasteiger partial charge in [0.25, 0.3) is 0 Å². The Morgan fingerprint density at radius 2 is 2.21 bits per heavy atom. The van der Waals surface area contributed by atoms with Crippen LogP contribution in [0.5, 0.6) is 0 Å². The molecular weight excluding hydrogens is 248 g/mol. The third-order valence-corrected chi connectivity index (χ3v) is 4.29. The van der Waals surface area contributed by atoms with Crippen LogP contribution in [0.3, 0.4) is 0 Å². The van der Waals surface area contributed by atoms with E-state index in [0.29, 0.717) is 39.1 Å². The summed E-state index contributed by atoms with van der Waals surface area (Å²) >= 11 is 0. The minimum atomic E-state index is -0.795. The van der Waals surface area contributed by atoms with E-state index in [4.69, 9.17) is 10.5 Å². The van der Waals surface area contributed by atoms with Crippen molar-refractivity contribution in [3.63, 3.8) is 0 Å². The molecule has 2 heterocycles. The second-order valence-corrected chi connectivity index (χ2v) is 5.65. The highest BCUT2D eigenvalue weighted by molar-refractivity contribution is 5.83. The molecule has 0 aliphatic carbocycles. The van der Waals surface area contributed by atoms with Crippen LogP contribution in [0, 0.1) is 11.3 Å². The van der Waals surface area contributed by atoms with Gasteiger partial charge in [-0.25, -0.2) is 0 Å². The second kappa shape index (κ2) is 5.46. The minimum absolute atomic E-state index is 0.0516. The number of amides is 1. The minimum Gasteiger partial charge on any atom is -0.481 e. The Morgan fingerprint density at radius 3 is 2.74 bits per heavy atom. The standard InChI is InChI=1S/C13H22N2O4/c1-2-3-13(12(17)18)4-5-15(8-13)11(16)9-6-19-7-10(9)14/h9-10H,2-8,14H2,1H3,(H,17,18). The maximum absolute atomic E-state index is 12.3. The molecule has 108 valence electrons. The van der Waals surface area contributed by atoms with E-state index in [-0.39, 0.29) is 17.9 Å². The lowest BCUT2D eigenvalue weighted by molar-refractivity contribution is -0.149. The number of hydrogen-bond acceptors (Lipinski definition) is 4. The van der Waals surface area contributed by atoms with Crippen molar-refractivity contribution in [2.24, 2.45) is 17.1 Å². The third-order valence-electron chi connectivity index (χ3n) is 4.29. The summed E-state index contributed by atoms with van der Waals surface area (Å²) < 4.78 is 5.21. The summed E-state index contributed by atoms with van der Waals surface area (Å²) in [5.41, 5.74) is 5.07. The molecular formula is C13H22N2O4. The Balaban J connectivity index is 2.04. The molecule has 3 N–H and O–H groups in total. The maximum Gasteiger partial charge on any atom is 0.311 e. The maximum atomic E-state index is 12.3. The normalized spacial score (nSPS) is 34.7. The van der Waals surface area contributed by atoms with Gasteiger partial charge in [0.2, 0.25) is 5.91 Å². The zero-order valence-corrected chi connectivity index (χ0v) is 11.3. The van der Waals surface area contributed by atoms with Crippen molar-refractivity contribution in [3.05, 3.63) is 0 Å². The molecule has 0 spiro atoms. The van der Waals surface area contributed by atoms with Crippen LogP contribution < -0.4 is 5.73 Å². The SMILES string of the molecule is CCCC1(C(=O)O)CCN(C(=O)C2COCC2N)C1. The fourth-order valence-electron chi connectivity index (χ4n) is 3.08. The van der Waals surface area contributed by atoms with E-state index in [9.17, 15) is 14.7 Å². The molecule has 0 aromatic carbocycles. The highest BCUT2D eigenvalue weighted by Crippen LogP contribution is 2.36. The van der Waals surface area contributed by atoms with Crippen LogP contribution in [-0.2, 0) is 14.3 Å². The van der Waals surface area contributed by atoms with Gasteiger partial charge in [-0.3, -0.25) is 9.59 Å². The van der Waals surface area contributed by atoms with E-state index in [0.717, 1.165) is 6.42 Å². The first kappa shape index (κ1) is 14.3. The Labute approximate surface area is 112 Å². The predicted octanol–water partition coefficient (Wildman–Crippen LogP) is 0.0635. The van der Waals surface area contributed by atoms with Gasteiger partial charge in [0.1, 0.15) is 0 Å². The van der Waals surface area contributed by atoms with Crippen LogP contribution in [0.25, 0.3) is 0 Å². The van der Waals surface area contributed by atoms with Gasteiger partial charge in [-0.2, -0.15) is 0 Å². The number of aliphatic carboxylic acids is 1. The van der Waals surface area contributed by atoms with E-state index in [2.05, 4.69) is 0 Å². The van der Waals surface area contributed by atoms with Crippen molar-refractivity contribution >= 4 is 11.9 Å². The average molecular weight is 270 g/mol. The van der Waals surface area contributed by atoms with Gasteiger partial charge in [-0.15, -0.1) is 0 Å². The molecule has 3 unspecified atom stereocenters. The van der Waals surface area contributed by atoms with Crippen molar-refractivity contribution in [2.75, 3.05) is 26.3 Å². The Bertz CT molecular complexity index is 374. The van der Waals surface area contributed by atoms with Gasteiger partial charge >= 0.3 is 5.97 Å². The van der Waals surface area contributed by atoms with Crippen LogP contribution in [0.2, 0.25) is 0 Å². The molecule has 2 rings (SSSR count). The van der Waals surface area contributed by atoms with Crippen molar-refractivity contribution in [2.45, 2.75) is 32.2 Å². The number of likely N-dealkylation sites (tertiary alicyclic amines) is 1. The fourth-order valence-corrected chi connectivity index (χ4v) is 3.08. The molecule has 0 radical (unpaired) electrons. The smallest absolute Gasteiger partial charge is 0.311 e. The zero-order valence-electron chi connectivity index (χ0n) is 11.3. The summed E-state index contributed by atoms with van der Waals surface area (Å²) in [6.45, 7) is 3.54. The summed E-state index contributed by atoms with van der Waals surface area (Å²) in [6, 6.07) is -0.265. The summed E-state index contributed by atoms with van der Waals surface area (Å²) in [5, 5.41) is 9.42. The lowest BCUT2D eigenvalue weighted by atomic mass is 9.83. The van der Waals surface area contributed by atoms with Crippen LogP contribution in [-0.4, -0.2) is 54.2 Å². The number of ether oxygens (including phenoxy) is 1. The highest BCUT2D eigenvalue weighted by atomic mass is 16.5. The summed E-state index contributed by atoms with van der Waals surface area (Å²) in [6.07, 6.45) is 1.95. The first-order chi connectivity index (χ1) is 9.00. The molecule has 6 heteroatoms. The largest absolute Gasteiger partial charge is 0.481 e. The molecule has 0 bridgehead atoms. The Morgan fingerprint density at radius 1 is 1.47 bits per heavy atom. The molecule has 0 saturated carbocycles. The Hall–Kier alpha value is -1.14. The molecule has 3 atom stereocenters. The van der Waals surface area contributed by atoms with Gasteiger partial charge < -0.3 is 20.5 Å². The summed E-state index contributed by atoms with van der Waals surface area (Å²) in [7, 11) is 0. The molecule has 19 heavy (non-hydrogen) atoms. The summed E-state index contributed by atoms with van der Waals surface area (Å²) in [4.78, 5) is 25.5. The lowest BCUT2D eigenvalue weighted by Crippen LogP contribution is -2.44. The van der Waals surface area contributed by atoms with E-state index in [1.807, 2.05) is 6.92 Å². The number of carboxylic acid groups (broad SMARTS) is 1. The van der Waals surface area contributed by atoms with E-state index in [1.165, 1.54) is 0 Å². The number of carbonyl (C=O) groups excluding carboxylic acids is 1. The number of nitrogens with zero attached hydrogens (tertiary/aromatic N) is 1. The molecule has 0 aromatic heterocycles. The summed E-state index contributed by atoms with van der Waals surface area (Å²) in [5.74, 6) is -1.16. The topological polar surface area (TPSA) is 92.9 Å². The second-order valence-electron chi connectivity index (χ2n) is 5.65. The van der Waals surface area contributed by atoms with Crippen LogP contribution >= 0.6 is 0 Å². The van der Waals surface area contributed by atoms with Crippen molar-refractivity contribution in [1.29, 1.82) is 0 Å². The molecule has 0 aromatic rings. The van der Waals surface area contributed by atoms with E-state index in [1.54, 1.807) is 4.90 Å². The van der Waals surface area contributed by atoms with Crippen LogP contribution in [0.4, 0.5) is 0 Å². The average Bonchev–Trinajstić information content (AvgIpc) is 2.96. The van der Waals surface area contributed by atoms with E-state index >= 15 is 0 Å². The van der Waals surface area contributed by atoms with E-state index < -0.39 is 11.4 Å². The number of carboxylic acids is 1. The van der Waals surface area contributed by atoms with Gasteiger partial charge in [0.05, 0.1) is 24.5 Å². The van der Waals surface area contributed by atoms with Gasteiger partial charge in [-0.05, 0) is 12.8 Å². The Kier molecular flexibility index (Phi) is 4.10. The number of carbonyl (C=O) groups is 2. The van der Waals surface area contributed by atoms with Gasteiger partial charge in [-0.1, -0.05) is 13.3 Å². The third kappa shape index (κ3) is 2.60. The zero-order chi connectivity index (χ0) is 14.0. The number of hydrogen-bond donors (Lipinski definition) is 2. The highest BCUT2D eigenvalue weighted by Gasteiger charge is 2.47. The molecule has 2 aliphatic heterocycles. The lowest BCUT2D eigenvalue weighted by Gasteiger charge is -2.26. The monoisotopic (exact) mass is 270 g/mol. The molecule has 6 nitrogen and oxygen atoms in total. The molecule has 2 aliphatic rings. The fraction of sp³-hybridized carbons (Fsp3) is 0.846. The number of nitrogens with two attached hydrogens (primary N) is 1. The predicted molar refractivity (Wildman–Crippen MR) is 68.5 cm³/mol. The first-order valence-electron chi connectivity index (χ1n) is 6.85. The molecule has 1 amide bonds. The van der Waals surface area contributed by atoms with Gasteiger partial charge in [0, 0.05) is 19.1 Å². The first-order valence-corrected chi connectivity index (χ1v) is 6.85. The molecule has 2 fully saturated rings. The quantitative estimate of drug-likeness (QED) is 0.753. The van der Waals surface area contributed by atoms with Crippen molar-refractivity contribution < 1.29 is 19.4 Å². The van der Waals surface area contributed by atoms with Crippen molar-refractivity contribution in [3.8, 4) is 0 Å². The van der Waals surface area contributed by atoms with Crippen LogP contribution in [0.1, 0.15) is 26.2 Å². The molecule has 2 saturated heterocycles. The van der Waals surface area contributed by atoms with Gasteiger partial charge in [0.15, 0.2) is 0 Å². The van der Waals surface area contributed by atoms with Crippen molar-refractivity contribution in [1.82, 2.24) is 4.90 Å².